The van der Waals surface area contributed by atoms with Crippen molar-refractivity contribution in [1.82, 2.24) is 15.2 Å². The lowest BCUT2D eigenvalue weighted by Crippen LogP contribution is -2.39. The highest BCUT2D eigenvalue weighted by Crippen LogP contribution is 2.18. The molecule has 1 aromatic heterocycles. The minimum absolute atomic E-state index is 0.0118. The molecule has 3 rings (SSSR count). The first kappa shape index (κ1) is 19.6. The summed E-state index contributed by atoms with van der Waals surface area (Å²) >= 11 is 0. The molecule has 0 bridgehead atoms. The Balaban J connectivity index is 1.49. The van der Waals surface area contributed by atoms with Crippen molar-refractivity contribution in [2.24, 2.45) is 0 Å². The Labute approximate surface area is 163 Å². The summed E-state index contributed by atoms with van der Waals surface area (Å²) in [6.45, 7) is 2.85. The molecule has 0 saturated carbocycles. The first-order valence-electron chi connectivity index (χ1n) is 9.35. The Bertz CT molecular complexity index is 967. The molecular formula is C22H24FN3O2. The van der Waals surface area contributed by atoms with Crippen LogP contribution in [0.3, 0.4) is 0 Å². The van der Waals surface area contributed by atoms with Gasteiger partial charge in [-0.3, -0.25) is 9.59 Å². The van der Waals surface area contributed by atoms with Crippen LogP contribution in [0.1, 0.15) is 18.1 Å². The highest BCUT2D eigenvalue weighted by Gasteiger charge is 2.12. The minimum Gasteiger partial charge on any atom is -0.361 e. The molecule has 5 nitrogen and oxygen atoms in total. The number of nitrogens with zero attached hydrogens (tertiary/aromatic N) is 1. The monoisotopic (exact) mass is 381 g/mol. The number of hydrogen-bond donors (Lipinski definition) is 2. The third-order valence-corrected chi connectivity index (χ3v) is 4.78. The van der Waals surface area contributed by atoms with E-state index in [-0.39, 0.29) is 24.1 Å². The maximum absolute atomic E-state index is 13.6. The summed E-state index contributed by atoms with van der Waals surface area (Å²) in [5, 5.41) is 3.92. The van der Waals surface area contributed by atoms with E-state index in [2.05, 4.69) is 16.4 Å². The summed E-state index contributed by atoms with van der Waals surface area (Å²) < 4.78 is 13.6. The lowest BCUT2D eigenvalue weighted by molar-refractivity contribution is -0.129. The lowest BCUT2D eigenvalue weighted by Gasteiger charge is -2.21. The number of carbonyl (C=O) groups excluding carboxylic acids is 2. The quantitative estimate of drug-likeness (QED) is 0.630. The van der Waals surface area contributed by atoms with Crippen molar-refractivity contribution in [2.75, 3.05) is 19.6 Å². The molecule has 28 heavy (non-hydrogen) atoms. The fourth-order valence-corrected chi connectivity index (χ4v) is 3.23. The van der Waals surface area contributed by atoms with Crippen LogP contribution in [-0.4, -0.2) is 41.3 Å². The van der Waals surface area contributed by atoms with Gasteiger partial charge in [0.05, 0.1) is 6.42 Å². The summed E-state index contributed by atoms with van der Waals surface area (Å²) in [5.41, 5.74) is 2.60. The minimum atomic E-state index is -0.387. The van der Waals surface area contributed by atoms with Crippen LogP contribution in [0, 0.1) is 5.82 Å². The Morgan fingerprint density at radius 1 is 1.04 bits per heavy atom. The molecule has 0 spiro atoms. The molecule has 2 aromatic carbocycles. The van der Waals surface area contributed by atoms with Crippen LogP contribution in [0.5, 0.6) is 0 Å². The van der Waals surface area contributed by atoms with Crippen LogP contribution in [0.15, 0.2) is 54.7 Å². The number of halogens is 1. The molecular weight excluding hydrogens is 357 g/mol. The molecule has 2 amide bonds. The Kier molecular flexibility index (Phi) is 6.42. The largest absolute Gasteiger partial charge is 0.361 e. The first-order chi connectivity index (χ1) is 13.5. The predicted molar refractivity (Wildman–Crippen MR) is 107 cm³/mol. The fourth-order valence-electron chi connectivity index (χ4n) is 3.23. The van der Waals surface area contributed by atoms with Gasteiger partial charge in [0, 0.05) is 43.7 Å². The number of amides is 2. The van der Waals surface area contributed by atoms with E-state index < -0.39 is 0 Å². The molecule has 0 fully saturated rings. The average Bonchev–Trinajstić information content (AvgIpc) is 3.09. The standard InChI is InChI=1S/C22H24FN3O2/c1-16(27)26(12-10-18-15-25-21-9-5-3-7-19(18)21)13-11-24-22(28)14-17-6-2-4-8-20(17)23/h2-9,15,25H,10-14H2,1H3,(H,24,28). The number of aromatic amines is 1. The van der Waals surface area contributed by atoms with E-state index in [9.17, 15) is 14.0 Å². The van der Waals surface area contributed by atoms with Gasteiger partial charge in [-0.15, -0.1) is 0 Å². The second-order valence-electron chi connectivity index (χ2n) is 6.73. The van der Waals surface area contributed by atoms with Crippen LogP contribution in [0.25, 0.3) is 10.9 Å². The number of fused-ring (bicyclic) bond motifs is 1. The number of rotatable bonds is 8. The van der Waals surface area contributed by atoms with Crippen molar-refractivity contribution in [3.63, 3.8) is 0 Å². The SMILES string of the molecule is CC(=O)N(CCNC(=O)Cc1ccccc1F)CCc1c[nH]c2ccccc12. The van der Waals surface area contributed by atoms with Crippen LogP contribution in [0.4, 0.5) is 4.39 Å². The zero-order valence-corrected chi connectivity index (χ0v) is 15.9. The molecule has 146 valence electrons. The molecule has 0 saturated heterocycles. The van der Waals surface area contributed by atoms with Crippen LogP contribution in [-0.2, 0) is 22.4 Å². The number of carbonyl (C=O) groups is 2. The highest BCUT2D eigenvalue weighted by atomic mass is 19.1. The Morgan fingerprint density at radius 2 is 1.79 bits per heavy atom. The second-order valence-corrected chi connectivity index (χ2v) is 6.73. The molecule has 0 aliphatic rings. The number of nitrogens with one attached hydrogen (secondary N) is 2. The fraction of sp³-hybridized carbons (Fsp3) is 0.273. The Morgan fingerprint density at radius 3 is 2.57 bits per heavy atom. The molecule has 0 atom stereocenters. The molecule has 0 aliphatic heterocycles. The zero-order valence-electron chi connectivity index (χ0n) is 15.9. The maximum atomic E-state index is 13.6. The lowest BCUT2D eigenvalue weighted by atomic mass is 10.1. The van der Waals surface area contributed by atoms with Crippen molar-refractivity contribution in [3.8, 4) is 0 Å². The number of benzene rings is 2. The van der Waals surface area contributed by atoms with Crippen molar-refractivity contribution >= 4 is 22.7 Å². The number of para-hydroxylation sites is 1. The van der Waals surface area contributed by atoms with Gasteiger partial charge in [0.2, 0.25) is 11.8 Å². The van der Waals surface area contributed by atoms with E-state index in [1.165, 1.54) is 13.0 Å². The first-order valence-corrected chi connectivity index (χ1v) is 9.35. The summed E-state index contributed by atoms with van der Waals surface area (Å²) in [6.07, 6.45) is 2.69. The topological polar surface area (TPSA) is 65.2 Å². The van der Waals surface area contributed by atoms with Crippen LogP contribution < -0.4 is 5.32 Å². The molecule has 2 N–H and O–H groups in total. The summed E-state index contributed by atoms with van der Waals surface area (Å²) in [7, 11) is 0. The van der Waals surface area contributed by atoms with E-state index in [0.29, 0.717) is 25.2 Å². The van der Waals surface area contributed by atoms with Gasteiger partial charge in [-0.1, -0.05) is 36.4 Å². The summed E-state index contributed by atoms with van der Waals surface area (Å²) in [5.74, 6) is -0.685. The van der Waals surface area contributed by atoms with Gasteiger partial charge < -0.3 is 15.2 Å². The van der Waals surface area contributed by atoms with Gasteiger partial charge in [-0.25, -0.2) is 4.39 Å². The molecule has 1 heterocycles. The van der Waals surface area contributed by atoms with Crippen molar-refractivity contribution in [3.05, 3.63) is 71.7 Å². The third kappa shape index (κ3) is 4.97. The second kappa shape index (κ2) is 9.17. The van der Waals surface area contributed by atoms with Gasteiger partial charge in [-0.2, -0.15) is 0 Å². The van der Waals surface area contributed by atoms with Gasteiger partial charge in [0.15, 0.2) is 0 Å². The van der Waals surface area contributed by atoms with E-state index in [1.807, 2.05) is 24.4 Å². The summed E-state index contributed by atoms with van der Waals surface area (Å²) in [6, 6.07) is 14.3. The van der Waals surface area contributed by atoms with Gasteiger partial charge in [0.25, 0.3) is 0 Å². The molecule has 0 aliphatic carbocycles. The summed E-state index contributed by atoms with van der Waals surface area (Å²) in [4.78, 5) is 28.9. The van der Waals surface area contributed by atoms with Gasteiger partial charge in [-0.05, 0) is 29.7 Å². The molecule has 0 radical (unpaired) electrons. The maximum Gasteiger partial charge on any atom is 0.224 e. The molecule has 6 heteroatoms. The Hall–Kier alpha value is -3.15. The van der Waals surface area contributed by atoms with Crippen LogP contribution >= 0.6 is 0 Å². The smallest absolute Gasteiger partial charge is 0.224 e. The van der Waals surface area contributed by atoms with Crippen molar-refractivity contribution in [2.45, 2.75) is 19.8 Å². The van der Waals surface area contributed by atoms with E-state index in [4.69, 9.17) is 0 Å². The predicted octanol–water partition coefficient (Wildman–Crippen LogP) is 3.06. The zero-order chi connectivity index (χ0) is 19.9. The van der Waals surface area contributed by atoms with E-state index >= 15 is 0 Å². The van der Waals surface area contributed by atoms with Crippen molar-refractivity contribution < 1.29 is 14.0 Å². The van der Waals surface area contributed by atoms with Gasteiger partial charge >= 0.3 is 0 Å². The number of aromatic nitrogens is 1. The normalized spacial score (nSPS) is 10.8. The molecule has 0 unspecified atom stereocenters. The van der Waals surface area contributed by atoms with E-state index in [0.717, 1.165) is 22.9 Å². The van der Waals surface area contributed by atoms with E-state index in [1.54, 1.807) is 23.1 Å². The number of hydrogen-bond acceptors (Lipinski definition) is 2. The van der Waals surface area contributed by atoms with Crippen LogP contribution in [0.2, 0.25) is 0 Å². The van der Waals surface area contributed by atoms with Gasteiger partial charge in [0.1, 0.15) is 5.82 Å². The average molecular weight is 381 g/mol. The van der Waals surface area contributed by atoms with Crippen molar-refractivity contribution in [1.29, 1.82) is 0 Å². The highest BCUT2D eigenvalue weighted by molar-refractivity contribution is 5.83. The molecule has 3 aromatic rings. The number of H-pyrrole nitrogens is 1. The third-order valence-electron chi connectivity index (χ3n) is 4.78.